The lowest BCUT2D eigenvalue weighted by molar-refractivity contribution is 0.570. The first-order valence-corrected chi connectivity index (χ1v) is 11.2. The summed E-state index contributed by atoms with van der Waals surface area (Å²) in [5.41, 5.74) is 0.961. The van der Waals surface area contributed by atoms with Gasteiger partial charge in [0.2, 0.25) is 10.0 Å². The van der Waals surface area contributed by atoms with Crippen LogP contribution in [-0.2, 0) is 19.9 Å². The quantitative estimate of drug-likeness (QED) is 0.809. The van der Waals surface area contributed by atoms with Crippen LogP contribution in [0.4, 0.5) is 0 Å². The second kappa shape index (κ2) is 7.12. The minimum atomic E-state index is -3.69. The maximum atomic E-state index is 12.9. The smallest absolute Gasteiger partial charge is 0.211 e. The lowest BCUT2D eigenvalue weighted by Crippen LogP contribution is -2.32. The van der Waals surface area contributed by atoms with Gasteiger partial charge in [-0.1, -0.05) is 23.8 Å². The zero-order valence-electron chi connectivity index (χ0n) is 12.9. The topological polar surface area (TPSA) is 80.3 Å². The van der Waals surface area contributed by atoms with Crippen LogP contribution in [0.2, 0.25) is 0 Å². The fourth-order valence-corrected chi connectivity index (χ4v) is 5.55. The molecule has 0 spiro atoms. The van der Waals surface area contributed by atoms with Crippen LogP contribution in [-0.4, -0.2) is 29.1 Å². The monoisotopic (exact) mass is 373 g/mol. The molecule has 0 unspecified atom stereocenters. The number of nitrogens with one attached hydrogen (secondary N) is 1. The Morgan fingerprint density at radius 2 is 1.74 bits per heavy atom. The molecule has 23 heavy (non-hydrogen) atoms. The van der Waals surface area contributed by atoms with Crippen molar-refractivity contribution in [1.29, 1.82) is 0 Å². The molecule has 0 aliphatic heterocycles. The molecule has 0 fully saturated rings. The molecule has 0 saturated carbocycles. The van der Waals surface area contributed by atoms with Crippen LogP contribution in [0.3, 0.4) is 0 Å². The first-order chi connectivity index (χ1) is 10.8. The lowest BCUT2D eigenvalue weighted by atomic mass is 10.2. The van der Waals surface area contributed by atoms with E-state index in [-0.39, 0.29) is 17.2 Å². The molecule has 1 aromatic carbocycles. The van der Waals surface area contributed by atoms with Crippen LogP contribution in [0, 0.1) is 6.92 Å². The third kappa shape index (κ3) is 4.41. The molecule has 2 rings (SSSR count). The molecule has 1 heterocycles. The van der Waals surface area contributed by atoms with Gasteiger partial charge in [0.1, 0.15) is 5.25 Å². The van der Waals surface area contributed by atoms with Crippen molar-refractivity contribution in [3.8, 4) is 0 Å². The molecule has 1 atom stereocenters. The molecule has 5 nitrogen and oxygen atoms in total. The number of hydrogen-bond acceptors (Lipinski definition) is 5. The third-order valence-corrected chi connectivity index (χ3v) is 8.05. The molecular weight excluding hydrogens is 354 g/mol. The van der Waals surface area contributed by atoms with Crippen LogP contribution < -0.4 is 4.72 Å². The standard InChI is InChI=1S/C15H19NO4S3/c1-3-22(17,18)16-11-15(14-5-4-10-21-14)23(19,20)13-8-6-12(2)7-9-13/h4-10,15-16H,3,11H2,1-2H3/t15-/m1/s1. The van der Waals surface area contributed by atoms with E-state index in [9.17, 15) is 16.8 Å². The van der Waals surface area contributed by atoms with Gasteiger partial charge in [-0.05, 0) is 37.4 Å². The molecule has 0 amide bonds. The fourth-order valence-electron chi connectivity index (χ4n) is 2.03. The maximum absolute atomic E-state index is 12.9. The van der Waals surface area contributed by atoms with Crippen molar-refractivity contribution in [3.05, 3.63) is 52.2 Å². The van der Waals surface area contributed by atoms with Crippen molar-refractivity contribution in [2.24, 2.45) is 0 Å². The summed E-state index contributed by atoms with van der Waals surface area (Å²) in [6.45, 7) is 3.21. The molecular formula is C15H19NO4S3. The summed E-state index contributed by atoms with van der Waals surface area (Å²) in [5.74, 6) is -0.0886. The average Bonchev–Trinajstić information content (AvgIpc) is 3.01. The lowest BCUT2D eigenvalue weighted by Gasteiger charge is -2.17. The Labute approximate surface area is 141 Å². The molecule has 0 saturated heterocycles. The number of rotatable bonds is 7. The van der Waals surface area contributed by atoms with Crippen LogP contribution in [0.5, 0.6) is 0 Å². The fraction of sp³-hybridized carbons (Fsp3) is 0.333. The first kappa shape index (κ1) is 18.1. The molecule has 1 aromatic heterocycles. The van der Waals surface area contributed by atoms with Gasteiger partial charge >= 0.3 is 0 Å². The van der Waals surface area contributed by atoms with E-state index >= 15 is 0 Å². The average molecular weight is 374 g/mol. The molecule has 0 radical (unpaired) electrons. The zero-order chi connectivity index (χ0) is 17.1. The van der Waals surface area contributed by atoms with Gasteiger partial charge in [0.15, 0.2) is 9.84 Å². The Hall–Kier alpha value is -1.22. The van der Waals surface area contributed by atoms with Crippen molar-refractivity contribution in [2.75, 3.05) is 12.3 Å². The van der Waals surface area contributed by atoms with Gasteiger partial charge < -0.3 is 0 Å². The minimum absolute atomic E-state index is 0.0886. The van der Waals surface area contributed by atoms with Crippen molar-refractivity contribution in [3.63, 3.8) is 0 Å². The Morgan fingerprint density at radius 3 is 2.26 bits per heavy atom. The second-order valence-corrected chi connectivity index (χ2v) is 10.3. The summed E-state index contributed by atoms with van der Waals surface area (Å²) < 4.78 is 51.6. The third-order valence-electron chi connectivity index (χ3n) is 3.45. The second-order valence-electron chi connectivity index (χ2n) is 5.11. The predicted octanol–water partition coefficient (Wildman–Crippen LogP) is 2.51. The largest absolute Gasteiger partial charge is 0.223 e. The highest BCUT2D eigenvalue weighted by atomic mass is 32.2. The van der Waals surface area contributed by atoms with Gasteiger partial charge in [-0.3, -0.25) is 0 Å². The zero-order valence-corrected chi connectivity index (χ0v) is 15.3. The number of sulfone groups is 1. The number of hydrogen-bond donors (Lipinski definition) is 1. The summed E-state index contributed by atoms with van der Waals surface area (Å²) in [6.07, 6.45) is 0. The SMILES string of the molecule is CCS(=O)(=O)NC[C@H](c1cccs1)S(=O)(=O)c1ccc(C)cc1. The minimum Gasteiger partial charge on any atom is -0.223 e. The van der Waals surface area contributed by atoms with Crippen molar-refractivity contribution in [2.45, 2.75) is 24.0 Å². The maximum Gasteiger partial charge on any atom is 0.211 e. The molecule has 0 aliphatic rings. The van der Waals surface area contributed by atoms with Gasteiger partial charge in [-0.2, -0.15) is 0 Å². The molecule has 0 aliphatic carbocycles. The van der Waals surface area contributed by atoms with Crippen LogP contribution in [0.15, 0.2) is 46.7 Å². The predicted molar refractivity (Wildman–Crippen MR) is 92.9 cm³/mol. The Kier molecular flexibility index (Phi) is 5.61. The number of benzene rings is 1. The first-order valence-electron chi connectivity index (χ1n) is 7.07. The molecule has 0 bridgehead atoms. The molecule has 126 valence electrons. The molecule has 8 heteroatoms. The summed E-state index contributed by atoms with van der Waals surface area (Å²) >= 11 is 1.30. The highest BCUT2D eigenvalue weighted by Gasteiger charge is 2.30. The van der Waals surface area contributed by atoms with Crippen LogP contribution >= 0.6 is 11.3 Å². The van der Waals surface area contributed by atoms with E-state index in [4.69, 9.17) is 0 Å². The van der Waals surface area contributed by atoms with Gasteiger partial charge in [0, 0.05) is 11.4 Å². The summed E-state index contributed by atoms with van der Waals surface area (Å²) in [5, 5.41) is 0.841. The molecule has 1 N–H and O–H groups in total. The van der Waals surface area contributed by atoms with Crippen LogP contribution in [0.25, 0.3) is 0 Å². The summed E-state index contributed by atoms with van der Waals surface area (Å²) in [4.78, 5) is 0.807. The number of thiophene rings is 1. The van der Waals surface area contributed by atoms with Crippen molar-refractivity contribution < 1.29 is 16.8 Å². The van der Waals surface area contributed by atoms with E-state index in [1.165, 1.54) is 18.3 Å². The van der Waals surface area contributed by atoms with Gasteiger partial charge in [0.05, 0.1) is 10.6 Å². The Bertz CT molecular complexity index is 839. The number of aryl methyl sites for hydroxylation is 1. The van der Waals surface area contributed by atoms with E-state index in [0.717, 1.165) is 5.56 Å². The van der Waals surface area contributed by atoms with Gasteiger partial charge in [-0.25, -0.2) is 21.6 Å². The van der Waals surface area contributed by atoms with Crippen molar-refractivity contribution in [1.82, 2.24) is 4.72 Å². The molecule has 2 aromatic rings. The Morgan fingerprint density at radius 1 is 1.09 bits per heavy atom. The van der Waals surface area contributed by atoms with Gasteiger partial charge in [0.25, 0.3) is 0 Å². The highest BCUT2D eigenvalue weighted by molar-refractivity contribution is 7.92. The van der Waals surface area contributed by atoms with Crippen LogP contribution in [0.1, 0.15) is 22.6 Å². The van der Waals surface area contributed by atoms with E-state index < -0.39 is 25.1 Å². The van der Waals surface area contributed by atoms with E-state index in [2.05, 4.69) is 4.72 Å². The van der Waals surface area contributed by atoms with Crippen molar-refractivity contribution >= 4 is 31.2 Å². The van der Waals surface area contributed by atoms with Gasteiger partial charge in [-0.15, -0.1) is 11.3 Å². The van der Waals surface area contributed by atoms with E-state index in [1.807, 2.05) is 6.92 Å². The summed E-state index contributed by atoms with van der Waals surface area (Å²) in [6, 6.07) is 10.0. The Balaban J connectivity index is 2.39. The van der Waals surface area contributed by atoms with E-state index in [0.29, 0.717) is 4.88 Å². The van der Waals surface area contributed by atoms with E-state index in [1.54, 1.807) is 41.8 Å². The normalized spacial score (nSPS) is 13.8. The number of sulfonamides is 1. The summed E-state index contributed by atoms with van der Waals surface area (Å²) in [7, 11) is -7.15. The highest BCUT2D eigenvalue weighted by Crippen LogP contribution is 2.31.